The van der Waals surface area contributed by atoms with Crippen LogP contribution in [0.3, 0.4) is 0 Å². The van der Waals surface area contributed by atoms with E-state index in [-0.39, 0.29) is 5.75 Å². The number of aromatic nitrogens is 2. The molecule has 0 saturated carbocycles. The summed E-state index contributed by atoms with van der Waals surface area (Å²) in [6.07, 6.45) is 3.76. The van der Waals surface area contributed by atoms with Crippen LogP contribution in [0.5, 0.6) is 5.75 Å². The maximum Gasteiger partial charge on any atom is 0.143 e. The topological polar surface area (TPSA) is 58.0 Å². The van der Waals surface area contributed by atoms with Gasteiger partial charge in [0.25, 0.3) is 0 Å². The summed E-state index contributed by atoms with van der Waals surface area (Å²) in [7, 11) is 0. The summed E-state index contributed by atoms with van der Waals surface area (Å²) in [5.41, 5.74) is 2.71. The Morgan fingerprint density at radius 3 is 3.00 bits per heavy atom. The molecule has 0 aliphatic carbocycles. The summed E-state index contributed by atoms with van der Waals surface area (Å²) >= 11 is 3.04. The zero-order valence-corrected chi connectivity index (χ0v) is 11.8. The van der Waals surface area contributed by atoms with E-state index < -0.39 is 0 Å². The van der Waals surface area contributed by atoms with Crippen molar-refractivity contribution >= 4 is 39.3 Å². The van der Waals surface area contributed by atoms with Gasteiger partial charge in [0.05, 0.1) is 11.9 Å². The molecule has 0 aliphatic rings. The summed E-state index contributed by atoms with van der Waals surface area (Å²) in [6, 6.07) is 9.07. The highest BCUT2D eigenvalue weighted by Crippen LogP contribution is 2.31. The predicted octanol–water partition coefficient (Wildman–Crippen LogP) is 3.75. The van der Waals surface area contributed by atoms with Gasteiger partial charge in [0.1, 0.15) is 21.1 Å². The summed E-state index contributed by atoms with van der Waals surface area (Å²) in [5, 5.41) is 10.4. The van der Waals surface area contributed by atoms with E-state index in [9.17, 15) is 5.11 Å². The van der Waals surface area contributed by atoms with E-state index in [0.717, 1.165) is 26.6 Å². The van der Waals surface area contributed by atoms with Crippen LogP contribution in [0.2, 0.25) is 0 Å². The zero-order valence-electron chi connectivity index (χ0n) is 10.1. The molecule has 2 N–H and O–H groups in total. The number of fused-ring (bicyclic) bond motifs is 1. The summed E-state index contributed by atoms with van der Waals surface area (Å²) in [5.74, 6) is 0.245. The van der Waals surface area contributed by atoms with E-state index in [2.05, 4.69) is 14.7 Å². The number of phenolic OH excluding ortho intramolecular Hbond substituents is 1. The minimum Gasteiger partial charge on any atom is -0.508 e. The van der Waals surface area contributed by atoms with Gasteiger partial charge in [0, 0.05) is 11.8 Å². The molecule has 0 fully saturated rings. The molecule has 0 unspecified atom stereocenters. The average Bonchev–Trinajstić information content (AvgIpc) is 2.82. The first-order valence-corrected chi connectivity index (χ1v) is 7.65. The quantitative estimate of drug-likeness (QED) is 0.719. The molecule has 0 radical (unpaired) electrons. The lowest BCUT2D eigenvalue weighted by molar-refractivity contribution is 0.475. The SMILES string of the molecule is CSNc1cnc2sc(-c3cccc(O)c3)nc2c1. The van der Waals surface area contributed by atoms with Gasteiger partial charge in [-0.2, -0.15) is 0 Å². The molecule has 3 aromatic rings. The number of benzene rings is 1. The predicted molar refractivity (Wildman–Crippen MR) is 81.7 cm³/mol. The van der Waals surface area contributed by atoms with Crippen LogP contribution in [0.1, 0.15) is 0 Å². The highest BCUT2D eigenvalue weighted by molar-refractivity contribution is 7.99. The van der Waals surface area contributed by atoms with Crippen molar-refractivity contribution in [3.63, 3.8) is 0 Å². The highest BCUT2D eigenvalue weighted by Gasteiger charge is 2.08. The minimum atomic E-state index is 0.245. The van der Waals surface area contributed by atoms with Crippen molar-refractivity contribution in [1.29, 1.82) is 0 Å². The van der Waals surface area contributed by atoms with Crippen molar-refractivity contribution in [2.75, 3.05) is 11.0 Å². The van der Waals surface area contributed by atoms with Gasteiger partial charge in [0.2, 0.25) is 0 Å². The molecule has 3 rings (SSSR count). The van der Waals surface area contributed by atoms with Crippen molar-refractivity contribution in [3.05, 3.63) is 36.5 Å². The minimum absolute atomic E-state index is 0.245. The second-order valence-electron chi connectivity index (χ2n) is 3.92. The van der Waals surface area contributed by atoms with Crippen molar-refractivity contribution in [2.45, 2.75) is 0 Å². The third-order valence-corrected chi connectivity index (χ3v) is 4.03. The van der Waals surface area contributed by atoms with Crippen LogP contribution in [-0.4, -0.2) is 21.3 Å². The molecule has 19 heavy (non-hydrogen) atoms. The zero-order chi connectivity index (χ0) is 13.2. The smallest absolute Gasteiger partial charge is 0.143 e. The molecule has 2 aromatic heterocycles. The number of phenols is 1. The monoisotopic (exact) mass is 289 g/mol. The normalized spacial score (nSPS) is 10.8. The maximum atomic E-state index is 9.51. The average molecular weight is 289 g/mol. The van der Waals surface area contributed by atoms with E-state index in [1.54, 1.807) is 18.3 Å². The third kappa shape index (κ3) is 2.50. The van der Waals surface area contributed by atoms with Crippen molar-refractivity contribution in [1.82, 2.24) is 9.97 Å². The lowest BCUT2D eigenvalue weighted by Gasteiger charge is -1.99. The van der Waals surface area contributed by atoms with Gasteiger partial charge in [-0.05, 0) is 18.2 Å². The Bertz CT molecular complexity index is 727. The number of anilines is 1. The van der Waals surface area contributed by atoms with Gasteiger partial charge in [-0.1, -0.05) is 35.4 Å². The molecule has 1 aromatic carbocycles. The number of nitrogens with one attached hydrogen (secondary N) is 1. The van der Waals surface area contributed by atoms with Crippen LogP contribution in [0.15, 0.2) is 36.5 Å². The molecule has 0 bridgehead atoms. The Hall–Kier alpha value is -1.79. The number of aromatic hydroxyl groups is 1. The molecule has 0 spiro atoms. The molecule has 0 saturated heterocycles. The second kappa shape index (κ2) is 5.07. The third-order valence-electron chi connectivity index (χ3n) is 2.56. The van der Waals surface area contributed by atoms with Crippen LogP contribution in [0.4, 0.5) is 5.69 Å². The number of hydrogen-bond acceptors (Lipinski definition) is 6. The van der Waals surface area contributed by atoms with Crippen molar-refractivity contribution in [3.8, 4) is 16.3 Å². The highest BCUT2D eigenvalue weighted by atomic mass is 32.2. The largest absolute Gasteiger partial charge is 0.508 e. The fourth-order valence-electron chi connectivity index (χ4n) is 1.76. The molecular formula is C13H11N3OS2. The Labute approximate surface area is 118 Å². The summed E-state index contributed by atoms with van der Waals surface area (Å²) in [4.78, 5) is 9.84. The summed E-state index contributed by atoms with van der Waals surface area (Å²) in [6.45, 7) is 0. The first-order valence-electron chi connectivity index (χ1n) is 5.61. The number of rotatable bonds is 3. The Balaban J connectivity index is 2.06. The summed E-state index contributed by atoms with van der Waals surface area (Å²) < 4.78 is 3.14. The number of pyridine rings is 1. The first kappa shape index (κ1) is 12.3. The fourth-order valence-corrected chi connectivity index (χ4v) is 2.99. The van der Waals surface area contributed by atoms with Crippen LogP contribution in [0, 0.1) is 0 Å². The lowest BCUT2D eigenvalue weighted by atomic mass is 10.2. The Morgan fingerprint density at radius 2 is 2.21 bits per heavy atom. The van der Waals surface area contributed by atoms with E-state index in [4.69, 9.17) is 0 Å². The van der Waals surface area contributed by atoms with Crippen LogP contribution in [-0.2, 0) is 0 Å². The van der Waals surface area contributed by atoms with Gasteiger partial charge < -0.3 is 9.83 Å². The molecule has 2 heterocycles. The molecule has 0 amide bonds. The lowest BCUT2D eigenvalue weighted by Crippen LogP contribution is -1.85. The Kier molecular flexibility index (Phi) is 3.27. The van der Waals surface area contributed by atoms with Crippen LogP contribution < -0.4 is 4.72 Å². The number of thiazole rings is 1. The van der Waals surface area contributed by atoms with Crippen molar-refractivity contribution < 1.29 is 5.11 Å². The van der Waals surface area contributed by atoms with Gasteiger partial charge >= 0.3 is 0 Å². The molecule has 96 valence electrons. The number of nitrogens with zero attached hydrogens (tertiary/aromatic N) is 2. The van der Waals surface area contributed by atoms with E-state index in [1.165, 1.54) is 23.3 Å². The fraction of sp³-hybridized carbons (Fsp3) is 0.0769. The van der Waals surface area contributed by atoms with Crippen molar-refractivity contribution in [2.24, 2.45) is 0 Å². The van der Waals surface area contributed by atoms with E-state index in [0.29, 0.717) is 0 Å². The standard InChI is InChI=1S/C13H11N3OS2/c1-18-16-9-6-11-13(14-7-9)19-12(15-11)8-3-2-4-10(17)5-8/h2-7,16-17H,1H3. The molecule has 4 nitrogen and oxygen atoms in total. The maximum absolute atomic E-state index is 9.51. The Morgan fingerprint density at radius 1 is 1.32 bits per heavy atom. The van der Waals surface area contributed by atoms with Crippen LogP contribution >= 0.6 is 23.3 Å². The molecule has 6 heteroatoms. The van der Waals surface area contributed by atoms with E-state index >= 15 is 0 Å². The molecule has 0 atom stereocenters. The van der Waals surface area contributed by atoms with Gasteiger partial charge in [0.15, 0.2) is 0 Å². The molecular weight excluding hydrogens is 278 g/mol. The molecule has 0 aliphatic heterocycles. The number of hydrogen-bond donors (Lipinski definition) is 2. The van der Waals surface area contributed by atoms with Gasteiger partial charge in [-0.15, -0.1) is 0 Å². The van der Waals surface area contributed by atoms with Gasteiger partial charge in [-0.25, -0.2) is 9.97 Å². The van der Waals surface area contributed by atoms with Gasteiger partial charge in [-0.3, -0.25) is 0 Å². The van der Waals surface area contributed by atoms with Crippen LogP contribution in [0.25, 0.3) is 20.9 Å². The second-order valence-corrected chi connectivity index (χ2v) is 5.51. The van der Waals surface area contributed by atoms with E-state index in [1.807, 2.05) is 24.5 Å². The first-order chi connectivity index (χ1) is 9.26.